The molecule has 2 heterocycles. The van der Waals surface area contributed by atoms with E-state index < -0.39 is 5.60 Å². The number of rotatable bonds is 3. The molecule has 0 unspecified atom stereocenters. The summed E-state index contributed by atoms with van der Waals surface area (Å²) in [6.07, 6.45) is 3.46. The number of para-hydroxylation sites is 1. The molecule has 25 heavy (non-hydrogen) atoms. The highest BCUT2D eigenvalue weighted by Crippen LogP contribution is 2.40. The molecule has 4 rings (SSSR count). The standard InChI is InChI=1S/C19H23N3O3/c1-13-10-15(13)18(24)21-8-6-19(25,7-9-21)11-22-12-20-16-5-3-2-4-14(16)17(22)23/h2-5,12-13,15,25H,6-11H2,1H3/t13-,15-/m0/s1. The first-order chi connectivity index (χ1) is 12.0. The van der Waals surface area contributed by atoms with Gasteiger partial charge in [0.1, 0.15) is 0 Å². The maximum atomic E-state index is 12.6. The molecule has 1 aromatic heterocycles. The molecular weight excluding hydrogens is 318 g/mol. The third kappa shape index (κ3) is 3.06. The summed E-state index contributed by atoms with van der Waals surface area (Å²) in [4.78, 5) is 31.1. The molecule has 1 aliphatic heterocycles. The molecule has 0 spiro atoms. The number of hydrogen-bond donors (Lipinski definition) is 1. The summed E-state index contributed by atoms with van der Waals surface area (Å²) in [7, 11) is 0. The second kappa shape index (κ2) is 5.95. The van der Waals surface area contributed by atoms with E-state index in [-0.39, 0.29) is 23.9 Å². The molecule has 1 amide bonds. The monoisotopic (exact) mass is 341 g/mol. The number of nitrogens with zero attached hydrogens (tertiary/aromatic N) is 3. The number of fused-ring (bicyclic) bond motifs is 1. The molecule has 0 radical (unpaired) electrons. The van der Waals surface area contributed by atoms with Crippen molar-refractivity contribution in [2.45, 2.75) is 38.3 Å². The minimum atomic E-state index is -0.972. The summed E-state index contributed by atoms with van der Waals surface area (Å²) in [5.74, 6) is 0.896. The van der Waals surface area contributed by atoms with Gasteiger partial charge in [-0.05, 0) is 37.3 Å². The number of piperidine rings is 1. The van der Waals surface area contributed by atoms with Crippen LogP contribution in [0, 0.1) is 11.8 Å². The van der Waals surface area contributed by atoms with Crippen molar-refractivity contribution in [1.82, 2.24) is 14.5 Å². The second-order valence-electron chi connectivity index (χ2n) is 7.56. The number of aromatic nitrogens is 2. The first-order valence-corrected chi connectivity index (χ1v) is 8.92. The number of carbonyl (C=O) groups excluding carboxylic acids is 1. The van der Waals surface area contributed by atoms with E-state index in [0.29, 0.717) is 42.8 Å². The zero-order valence-electron chi connectivity index (χ0n) is 14.4. The van der Waals surface area contributed by atoms with Gasteiger partial charge in [0.15, 0.2) is 0 Å². The van der Waals surface area contributed by atoms with Crippen LogP contribution in [0.2, 0.25) is 0 Å². The summed E-state index contributed by atoms with van der Waals surface area (Å²) in [5, 5.41) is 11.5. The highest BCUT2D eigenvalue weighted by molar-refractivity contribution is 5.81. The Labute approximate surface area is 146 Å². The average Bonchev–Trinajstić information content (AvgIpc) is 3.34. The molecule has 6 nitrogen and oxygen atoms in total. The highest BCUT2D eigenvalue weighted by Gasteiger charge is 2.43. The topological polar surface area (TPSA) is 75.4 Å². The van der Waals surface area contributed by atoms with Crippen molar-refractivity contribution in [2.24, 2.45) is 11.8 Å². The molecule has 2 atom stereocenters. The van der Waals surface area contributed by atoms with Gasteiger partial charge in [-0.25, -0.2) is 4.98 Å². The third-order valence-electron chi connectivity index (χ3n) is 5.63. The lowest BCUT2D eigenvalue weighted by molar-refractivity contribution is -0.137. The Bertz CT molecular complexity index is 868. The fourth-order valence-electron chi connectivity index (χ4n) is 3.74. The van der Waals surface area contributed by atoms with E-state index in [1.54, 1.807) is 12.1 Å². The van der Waals surface area contributed by atoms with Gasteiger partial charge >= 0.3 is 0 Å². The Kier molecular flexibility index (Phi) is 3.87. The van der Waals surface area contributed by atoms with Crippen LogP contribution in [0.5, 0.6) is 0 Å². The molecule has 0 bridgehead atoms. The van der Waals surface area contributed by atoms with Crippen LogP contribution in [-0.4, -0.2) is 44.2 Å². The minimum absolute atomic E-state index is 0.135. The van der Waals surface area contributed by atoms with Gasteiger partial charge in [-0.1, -0.05) is 19.1 Å². The van der Waals surface area contributed by atoms with Crippen LogP contribution in [0.1, 0.15) is 26.2 Å². The van der Waals surface area contributed by atoms with Crippen LogP contribution < -0.4 is 5.56 Å². The largest absolute Gasteiger partial charge is 0.388 e. The molecule has 1 saturated carbocycles. The van der Waals surface area contributed by atoms with Gasteiger partial charge in [0.2, 0.25) is 5.91 Å². The lowest BCUT2D eigenvalue weighted by atomic mass is 9.91. The van der Waals surface area contributed by atoms with Crippen molar-refractivity contribution in [2.75, 3.05) is 13.1 Å². The lowest BCUT2D eigenvalue weighted by Gasteiger charge is -2.38. The quantitative estimate of drug-likeness (QED) is 0.916. The van der Waals surface area contributed by atoms with Gasteiger partial charge in [0.05, 0.1) is 29.4 Å². The van der Waals surface area contributed by atoms with Crippen molar-refractivity contribution in [3.63, 3.8) is 0 Å². The van der Waals surface area contributed by atoms with Gasteiger partial charge in [-0.3, -0.25) is 14.2 Å². The normalized spacial score (nSPS) is 25.1. The minimum Gasteiger partial charge on any atom is -0.388 e. The Hall–Kier alpha value is -2.21. The van der Waals surface area contributed by atoms with Crippen molar-refractivity contribution >= 4 is 16.8 Å². The second-order valence-corrected chi connectivity index (χ2v) is 7.56. The summed E-state index contributed by atoms with van der Waals surface area (Å²) >= 11 is 0. The third-order valence-corrected chi connectivity index (χ3v) is 5.63. The van der Waals surface area contributed by atoms with E-state index >= 15 is 0 Å². The number of hydrogen-bond acceptors (Lipinski definition) is 4. The Balaban J connectivity index is 1.47. The van der Waals surface area contributed by atoms with Crippen LogP contribution >= 0.6 is 0 Å². The van der Waals surface area contributed by atoms with Crippen LogP contribution in [0.4, 0.5) is 0 Å². The van der Waals surface area contributed by atoms with Crippen molar-refractivity contribution in [3.8, 4) is 0 Å². The number of carbonyl (C=O) groups is 1. The van der Waals surface area contributed by atoms with Crippen molar-refractivity contribution < 1.29 is 9.90 Å². The fourth-order valence-corrected chi connectivity index (χ4v) is 3.74. The smallest absolute Gasteiger partial charge is 0.261 e. The fraction of sp³-hybridized carbons (Fsp3) is 0.526. The van der Waals surface area contributed by atoms with Crippen LogP contribution in [0.3, 0.4) is 0 Å². The molecule has 2 aliphatic rings. The first-order valence-electron chi connectivity index (χ1n) is 8.92. The van der Waals surface area contributed by atoms with Gasteiger partial charge in [-0.15, -0.1) is 0 Å². The van der Waals surface area contributed by atoms with E-state index in [9.17, 15) is 14.7 Å². The van der Waals surface area contributed by atoms with E-state index in [1.165, 1.54) is 10.9 Å². The van der Waals surface area contributed by atoms with Gasteiger partial charge < -0.3 is 10.0 Å². The van der Waals surface area contributed by atoms with Gasteiger partial charge in [-0.2, -0.15) is 0 Å². The number of likely N-dealkylation sites (tertiary alicyclic amines) is 1. The Morgan fingerprint density at radius 2 is 2.00 bits per heavy atom. The predicted octanol–water partition coefficient (Wildman–Crippen LogP) is 1.41. The number of benzene rings is 1. The Morgan fingerprint density at radius 1 is 1.32 bits per heavy atom. The predicted molar refractivity (Wildman–Crippen MR) is 94.0 cm³/mol. The van der Waals surface area contributed by atoms with Crippen LogP contribution in [-0.2, 0) is 11.3 Å². The maximum Gasteiger partial charge on any atom is 0.261 e. The van der Waals surface area contributed by atoms with E-state index in [4.69, 9.17) is 0 Å². The number of aliphatic hydroxyl groups is 1. The van der Waals surface area contributed by atoms with E-state index in [1.807, 2.05) is 17.0 Å². The van der Waals surface area contributed by atoms with Gasteiger partial charge in [0.25, 0.3) is 5.56 Å². The molecule has 1 N–H and O–H groups in total. The maximum absolute atomic E-state index is 12.6. The molecule has 2 fully saturated rings. The average molecular weight is 341 g/mol. The summed E-state index contributed by atoms with van der Waals surface area (Å²) in [5.41, 5.74) is -0.445. The molecule has 132 valence electrons. The zero-order valence-corrected chi connectivity index (χ0v) is 14.4. The van der Waals surface area contributed by atoms with E-state index in [2.05, 4.69) is 11.9 Å². The van der Waals surface area contributed by atoms with Crippen LogP contribution in [0.25, 0.3) is 10.9 Å². The molecule has 1 aliphatic carbocycles. The Morgan fingerprint density at radius 3 is 2.68 bits per heavy atom. The van der Waals surface area contributed by atoms with E-state index in [0.717, 1.165) is 6.42 Å². The van der Waals surface area contributed by atoms with Gasteiger partial charge in [0, 0.05) is 19.0 Å². The molecular formula is C19H23N3O3. The van der Waals surface area contributed by atoms with Crippen molar-refractivity contribution in [3.05, 3.63) is 40.9 Å². The molecule has 1 saturated heterocycles. The van der Waals surface area contributed by atoms with Crippen molar-refractivity contribution in [1.29, 1.82) is 0 Å². The molecule has 1 aromatic carbocycles. The molecule has 2 aromatic rings. The first kappa shape index (κ1) is 16.3. The SMILES string of the molecule is C[C@H]1C[C@@H]1C(=O)N1CCC(O)(Cn2cnc3ccccc3c2=O)CC1. The molecule has 6 heteroatoms. The summed E-state index contributed by atoms with van der Waals surface area (Å²) in [6.45, 7) is 3.41. The van der Waals surface area contributed by atoms with Crippen LogP contribution in [0.15, 0.2) is 35.4 Å². The highest BCUT2D eigenvalue weighted by atomic mass is 16.3. The summed E-state index contributed by atoms with van der Waals surface area (Å²) in [6, 6.07) is 7.22. The number of amides is 1. The zero-order chi connectivity index (χ0) is 17.6. The lowest BCUT2D eigenvalue weighted by Crippen LogP contribution is -2.50. The summed E-state index contributed by atoms with van der Waals surface area (Å²) < 4.78 is 1.49.